The van der Waals surface area contributed by atoms with E-state index in [9.17, 15) is 4.79 Å². The largest absolute Gasteiger partial charge is 0.444 e. The molecule has 1 amide bonds. The van der Waals surface area contributed by atoms with Crippen molar-refractivity contribution in [3.63, 3.8) is 0 Å². The first-order valence-electron chi connectivity index (χ1n) is 10.3. The monoisotopic (exact) mass is 511 g/mol. The highest BCUT2D eigenvalue weighted by atomic mass is 127. The summed E-state index contributed by atoms with van der Waals surface area (Å²) in [7, 11) is 0. The quantitative estimate of drug-likeness (QED) is 0.265. The van der Waals surface area contributed by atoms with E-state index in [1.807, 2.05) is 34.6 Å². The molecule has 1 heterocycles. The number of guanidine groups is 1. The molecule has 1 atom stereocenters. The van der Waals surface area contributed by atoms with Crippen LogP contribution in [0.25, 0.3) is 0 Å². The van der Waals surface area contributed by atoms with Gasteiger partial charge in [-0.2, -0.15) is 0 Å². The Hall–Kier alpha value is -0.770. The molecule has 0 aromatic carbocycles. The number of alkyl carbamates (subject to hydrolysis) is 1. The van der Waals surface area contributed by atoms with Crippen molar-refractivity contribution in [2.75, 3.05) is 39.3 Å². The summed E-state index contributed by atoms with van der Waals surface area (Å²) < 4.78 is 5.34. The van der Waals surface area contributed by atoms with Crippen molar-refractivity contribution in [1.29, 1.82) is 0 Å². The molecular weight excluding hydrogens is 469 g/mol. The molecule has 166 valence electrons. The number of nitrogens with zero attached hydrogens (tertiary/aromatic N) is 2. The van der Waals surface area contributed by atoms with Crippen LogP contribution in [0.1, 0.15) is 61.3 Å². The predicted octanol–water partition coefficient (Wildman–Crippen LogP) is 3.19. The van der Waals surface area contributed by atoms with Gasteiger partial charge in [-0.15, -0.1) is 24.0 Å². The maximum atomic E-state index is 12.0. The van der Waals surface area contributed by atoms with Crippen LogP contribution < -0.4 is 16.0 Å². The minimum Gasteiger partial charge on any atom is -0.444 e. The number of ether oxygens (including phenoxy) is 1. The lowest BCUT2D eigenvalue weighted by Gasteiger charge is -2.27. The number of halogens is 1. The van der Waals surface area contributed by atoms with Gasteiger partial charge >= 0.3 is 6.09 Å². The standard InChI is InChI=1S/C20H41N5O2.HI/c1-8-11-25-12-10-16(14-25)13-22-17(21-9-2)23-15-20(6,7)24-18(26)27-19(3,4)5;/h16H,8-15H2,1-7H3,(H,24,26)(H2,21,22,23);1H. The van der Waals surface area contributed by atoms with Crippen LogP contribution in [-0.2, 0) is 4.74 Å². The Morgan fingerprint density at radius 1 is 1.18 bits per heavy atom. The summed E-state index contributed by atoms with van der Waals surface area (Å²) in [6, 6.07) is 0. The average Bonchev–Trinajstić information content (AvgIpc) is 2.95. The van der Waals surface area contributed by atoms with Crippen molar-refractivity contribution in [3.8, 4) is 0 Å². The molecule has 1 rings (SSSR count). The molecule has 0 spiro atoms. The molecule has 1 aliphatic rings. The molecule has 0 bridgehead atoms. The van der Waals surface area contributed by atoms with E-state index >= 15 is 0 Å². The van der Waals surface area contributed by atoms with Crippen molar-refractivity contribution in [1.82, 2.24) is 20.9 Å². The van der Waals surface area contributed by atoms with E-state index in [0.29, 0.717) is 12.5 Å². The van der Waals surface area contributed by atoms with Crippen LogP contribution in [0, 0.1) is 5.92 Å². The summed E-state index contributed by atoms with van der Waals surface area (Å²) in [5.41, 5.74) is -0.997. The molecule has 8 heteroatoms. The van der Waals surface area contributed by atoms with Gasteiger partial charge in [-0.3, -0.25) is 4.99 Å². The first kappa shape index (κ1) is 27.2. The zero-order valence-corrected chi connectivity index (χ0v) is 21.2. The Labute approximate surface area is 188 Å². The topological polar surface area (TPSA) is 78.0 Å². The smallest absolute Gasteiger partial charge is 0.408 e. The summed E-state index contributed by atoms with van der Waals surface area (Å²) in [5.74, 6) is 1.46. The van der Waals surface area contributed by atoms with E-state index in [1.54, 1.807) is 0 Å². The number of hydrogen-bond acceptors (Lipinski definition) is 4. The van der Waals surface area contributed by atoms with E-state index in [0.717, 1.165) is 25.6 Å². The summed E-state index contributed by atoms with van der Waals surface area (Å²) in [6.07, 6.45) is 2.03. The number of rotatable bonds is 8. The van der Waals surface area contributed by atoms with Crippen LogP contribution >= 0.6 is 24.0 Å². The van der Waals surface area contributed by atoms with E-state index in [2.05, 4.69) is 39.7 Å². The zero-order chi connectivity index (χ0) is 20.5. The minimum absolute atomic E-state index is 0. The third-order valence-electron chi connectivity index (χ3n) is 4.28. The lowest BCUT2D eigenvalue weighted by molar-refractivity contribution is 0.0476. The Morgan fingerprint density at radius 2 is 1.86 bits per heavy atom. The van der Waals surface area contributed by atoms with Gasteiger partial charge in [0.15, 0.2) is 5.96 Å². The Kier molecular flexibility index (Phi) is 12.4. The highest BCUT2D eigenvalue weighted by molar-refractivity contribution is 14.0. The normalized spacial score (nSPS) is 18.4. The fourth-order valence-electron chi connectivity index (χ4n) is 3.08. The van der Waals surface area contributed by atoms with E-state index < -0.39 is 17.2 Å². The van der Waals surface area contributed by atoms with Gasteiger partial charge in [-0.25, -0.2) is 4.79 Å². The lowest BCUT2D eigenvalue weighted by atomic mass is 10.1. The van der Waals surface area contributed by atoms with Crippen molar-refractivity contribution >= 4 is 36.0 Å². The van der Waals surface area contributed by atoms with Crippen LogP contribution in [0.15, 0.2) is 4.99 Å². The number of amides is 1. The third kappa shape index (κ3) is 11.9. The number of carbonyl (C=O) groups excluding carboxylic acids is 1. The molecule has 1 saturated heterocycles. The average molecular weight is 511 g/mol. The molecule has 28 heavy (non-hydrogen) atoms. The molecular formula is C20H42IN5O2. The van der Waals surface area contributed by atoms with Crippen LogP contribution in [0.3, 0.4) is 0 Å². The number of likely N-dealkylation sites (tertiary alicyclic amines) is 1. The van der Waals surface area contributed by atoms with Gasteiger partial charge in [0, 0.05) is 19.6 Å². The molecule has 3 N–H and O–H groups in total. The molecule has 1 fully saturated rings. The zero-order valence-electron chi connectivity index (χ0n) is 18.9. The van der Waals surface area contributed by atoms with Gasteiger partial charge < -0.3 is 25.6 Å². The van der Waals surface area contributed by atoms with E-state index in [1.165, 1.54) is 25.9 Å². The second-order valence-corrected chi connectivity index (χ2v) is 9.04. The maximum absolute atomic E-state index is 12.0. The van der Waals surface area contributed by atoms with E-state index in [-0.39, 0.29) is 24.0 Å². The molecule has 1 unspecified atom stereocenters. The molecule has 0 radical (unpaired) electrons. The van der Waals surface area contributed by atoms with Gasteiger partial charge in [0.1, 0.15) is 5.60 Å². The van der Waals surface area contributed by atoms with Crippen molar-refractivity contribution in [2.45, 2.75) is 72.4 Å². The summed E-state index contributed by atoms with van der Waals surface area (Å²) >= 11 is 0. The Morgan fingerprint density at radius 3 is 2.43 bits per heavy atom. The maximum Gasteiger partial charge on any atom is 0.408 e. The molecule has 0 aromatic rings. The van der Waals surface area contributed by atoms with Crippen LogP contribution in [0.5, 0.6) is 0 Å². The predicted molar refractivity (Wildman–Crippen MR) is 128 cm³/mol. The van der Waals surface area contributed by atoms with Crippen LogP contribution in [0.2, 0.25) is 0 Å². The second kappa shape index (κ2) is 12.7. The van der Waals surface area contributed by atoms with Crippen LogP contribution in [0.4, 0.5) is 4.79 Å². The van der Waals surface area contributed by atoms with Gasteiger partial charge in [0.05, 0.1) is 12.1 Å². The van der Waals surface area contributed by atoms with Crippen molar-refractivity contribution < 1.29 is 9.53 Å². The third-order valence-corrected chi connectivity index (χ3v) is 4.28. The molecule has 7 nitrogen and oxygen atoms in total. The second-order valence-electron chi connectivity index (χ2n) is 9.04. The molecule has 0 saturated carbocycles. The molecule has 0 aliphatic carbocycles. The summed E-state index contributed by atoms with van der Waals surface area (Å²) in [6.45, 7) is 19.5. The fraction of sp³-hybridized carbons (Fsp3) is 0.900. The lowest BCUT2D eigenvalue weighted by Crippen LogP contribution is -2.49. The number of carbonyl (C=O) groups is 1. The van der Waals surface area contributed by atoms with Crippen molar-refractivity contribution in [3.05, 3.63) is 0 Å². The van der Waals surface area contributed by atoms with Gasteiger partial charge in [0.2, 0.25) is 0 Å². The Balaban J connectivity index is 0.00000729. The first-order valence-corrected chi connectivity index (χ1v) is 10.3. The minimum atomic E-state index is -0.507. The molecule has 0 aromatic heterocycles. The number of hydrogen-bond donors (Lipinski definition) is 3. The first-order chi connectivity index (χ1) is 12.5. The van der Waals surface area contributed by atoms with Crippen LogP contribution in [-0.4, -0.2) is 67.4 Å². The van der Waals surface area contributed by atoms with Crippen molar-refractivity contribution in [2.24, 2.45) is 10.9 Å². The summed E-state index contributed by atoms with van der Waals surface area (Å²) in [4.78, 5) is 19.2. The van der Waals surface area contributed by atoms with Gasteiger partial charge in [0.25, 0.3) is 0 Å². The van der Waals surface area contributed by atoms with Gasteiger partial charge in [-0.1, -0.05) is 6.92 Å². The van der Waals surface area contributed by atoms with E-state index in [4.69, 9.17) is 4.74 Å². The fourth-order valence-corrected chi connectivity index (χ4v) is 3.08. The number of aliphatic imine (C=N–C) groups is 1. The SMILES string of the molecule is CCCN1CCC(CNC(=NCC(C)(C)NC(=O)OC(C)(C)C)NCC)C1.I. The molecule has 1 aliphatic heterocycles. The number of nitrogens with one attached hydrogen (secondary N) is 3. The highest BCUT2D eigenvalue weighted by Gasteiger charge is 2.25. The highest BCUT2D eigenvalue weighted by Crippen LogP contribution is 2.15. The summed E-state index contributed by atoms with van der Waals surface area (Å²) in [5, 5.41) is 9.64. The van der Waals surface area contributed by atoms with Gasteiger partial charge in [-0.05, 0) is 73.4 Å². The Bertz CT molecular complexity index is 491.